The maximum atomic E-state index is 6.07. The Morgan fingerprint density at radius 1 is 1.37 bits per heavy atom. The third kappa shape index (κ3) is 2.40. The van der Waals surface area contributed by atoms with E-state index in [1.54, 1.807) is 0 Å². The summed E-state index contributed by atoms with van der Waals surface area (Å²) < 4.78 is 0. The summed E-state index contributed by atoms with van der Waals surface area (Å²) in [5, 5.41) is 5.35. The molecule has 0 saturated carbocycles. The van der Waals surface area contributed by atoms with E-state index >= 15 is 0 Å². The maximum Gasteiger partial charge on any atom is 0.0740 e. The quantitative estimate of drug-likeness (QED) is 0.867. The van der Waals surface area contributed by atoms with Gasteiger partial charge >= 0.3 is 0 Å². The molecule has 1 fully saturated rings. The van der Waals surface area contributed by atoms with Gasteiger partial charge in [0.25, 0.3) is 0 Å². The molecule has 0 aliphatic carbocycles. The van der Waals surface area contributed by atoms with Crippen LogP contribution in [-0.4, -0.2) is 30.7 Å². The number of hydrogen-bond donors (Lipinski definition) is 1. The number of aryl methyl sites for hydroxylation is 1. The summed E-state index contributed by atoms with van der Waals surface area (Å²) in [6.07, 6.45) is 0. The predicted molar refractivity (Wildman–Crippen MR) is 81.2 cm³/mol. The van der Waals surface area contributed by atoms with Gasteiger partial charge < -0.3 is 10.2 Å². The number of benzene rings is 1. The third-order valence-corrected chi connectivity index (χ3v) is 3.92. The number of nitrogens with zero attached hydrogens (tertiary/aromatic N) is 2. The number of hydrogen-bond acceptors (Lipinski definition) is 3. The second kappa shape index (κ2) is 4.99. The molecule has 1 aliphatic heterocycles. The molecule has 4 heteroatoms. The average Bonchev–Trinajstić information content (AvgIpc) is 2.38. The molecule has 0 bridgehead atoms. The van der Waals surface area contributed by atoms with Gasteiger partial charge in [-0.3, -0.25) is 4.98 Å². The molecule has 1 saturated heterocycles. The van der Waals surface area contributed by atoms with Crippen molar-refractivity contribution in [1.29, 1.82) is 0 Å². The minimum atomic E-state index is 0.495. The van der Waals surface area contributed by atoms with Crippen LogP contribution < -0.4 is 10.2 Å². The lowest BCUT2D eigenvalue weighted by molar-refractivity contribution is 0.501. The van der Waals surface area contributed by atoms with Crippen molar-refractivity contribution in [2.24, 2.45) is 0 Å². The highest BCUT2D eigenvalue weighted by Crippen LogP contribution is 2.30. The Kier molecular flexibility index (Phi) is 3.33. The van der Waals surface area contributed by atoms with E-state index in [1.807, 2.05) is 19.1 Å². The van der Waals surface area contributed by atoms with Crippen LogP contribution in [0.1, 0.15) is 12.6 Å². The smallest absolute Gasteiger partial charge is 0.0740 e. The molecule has 1 aromatic heterocycles. The largest absolute Gasteiger partial charge is 0.366 e. The van der Waals surface area contributed by atoms with Gasteiger partial charge in [0.15, 0.2) is 0 Å². The highest BCUT2D eigenvalue weighted by atomic mass is 35.5. The summed E-state index contributed by atoms with van der Waals surface area (Å²) in [6, 6.07) is 8.64. The molecule has 0 spiro atoms. The van der Waals surface area contributed by atoms with Crippen LogP contribution in [0, 0.1) is 6.92 Å². The number of piperazine rings is 1. The van der Waals surface area contributed by atoms with Crippen LogP contribution in [0.5, 0.6) is 0 Å². The summed E-state index contributed by atoms with van der Waals surface area (Å²) >= 11 is 6.07. The van der Waals surface area contributed by atoms with E-state index < -0.39 is 0 Å². The highest BCUT2D eigenvalue weighted by Gasteiger charge is 2.20. The summed E-state index contributed by atoms with van der Waals surface area (Å²) in [5.41, 5.74) is 3.29. The van der Waals surface area contributed by atoms with Crippen molar-refractivity contribution in [1.82, 2.24) is 10.3 Å². The number of rotatable bonds is 1. The second-order valence-corrected chi connectivity index (χ2v) is 5.63. The monoisotopic (exact) mass is 275 g/mol. The van der Waals surface area contributed by atoms with Gasteiger partial charge in [0, 0.05) is 47.5 Å². The number of fused-ring (bicyclic) bond motifs is 1. The molecule has 1 aromatic carbocycles. The first-order valence-corrected chi connectivity index (χ1v) is 7.07. The van der Waals surface area contributed by atoms with E-state index in [0.29, 0.717) is 6.04 Å². The van der Waals surface area contributed by atoms with Crippen LogP contribution in [-0.2, 0) is 0 Å². The first kappa shape index (κ1) is 12.7. The van der Waals surface area contributed by atoms with Crippen molar-refractivity contribution in [3.63, 3.8) is 0 Å². The third-order valence-electron chi connectivity index (χ3n) is 3.69. The highest BCUT2D eigenvalue weighted by molar-refractivity contribution is 6.31. The van der Waals surface area contributed by atoms with Crippen LogP contribution in [0.3, 0.4) is 0 Å². The van der Waals surface area contributed by atoms with E-state index in [9.17, 15) is 0 Å². The molecule has 3 rings (SSSR count). The SMILES string of the molecule is Cc1cc(N2CCNCC2C)c2ccc(Cl)cc2n1. The number of pyridine rings is 1. The fraction of sp³-hybridized carbons (Fsp3) is 0.400. The molecular formula is C15H18ClN3. The molecule has 3 nitrogen and oxygen atoms in total. The van der Waals surface area contributed by atoms with Crippen molar-refractivity contribution < 1.29 is 0 Å². The minimum absolute atomic E-state index is 0.495. The summed E-state index contributed by atoms with van der Waals surface area (Å²) in [7, 11) is 0. The van der Waals surface area contributed by atoms with Crippen LogP contribution in [0.4, 0.5) is 5.69 Å². The lowest BCUT2D eigenvalue weighted by Crippen LogP contribution is -2.50. The Labute approximate surface area is 118 Å². The Morgan fingerprint density at radius 3 is 3.00 bits per heavy atom. The molecular weight excluding hydrogens is 258 g/mol. The van der Waals surface area contributed by atoms with Crippen molar-refractivity contribution in [3.8, 4) is 0 Å². The fourth-order valence-corrected chi connectivity index (χ4v) is 2.91. The number of aromatic nitrogens is 1. The van der Waals surface area contributed by atoms with Crippen molar-refractivity contribution in [2.75, 3.05) is 24.5 Å². The first-order valence-electron chi connectivity index (χ1n) is 6.69. The van der Waals surface area contributed by atoms with Crippen LogP contribution in [0.25, 0.3) is 10.9 Å². The van der Waals surface area contributed by atoms with Gasteiger partial charge in [0.1, 0.15) is 0 Å². The van der Waals surface area contributed by atoms with E-state index in [1.165, 1.54) is 11.1 Å². The molecule has 1 unspecified atom stereocenters. The van der Waals surface area contributed by atoms with Crippen molar-refractivity contribution in [3.05, 3.63) is 35.0 Å². The van der Waals surface area contributed by atoms with Crippen LogP contribution in [0.2, 0.25) is 5.02 Å². The van der Waals surface area contributed by atoms with Gasteiger partial charge in [-0.2, -0.15) is 0 Å². The zero-order valence-electron chi connectivity index (χ0n) is 11.3. The molecule has 1 atom stereocenters. The number of nitrogens with one attached hydrogen (secondary N) is 1. The summed E-state index contributed by atoms with van der Waals surface area (Å²) in [4.78, 5) is 7.05. The van der Waals surface area contributed by atoms with Gasteiger partial charge in [0.05, 0.1) is 5.52 Å². The Morgan fingerprint density at radius 2 is 2.21 bits per heavy atom. The normalized spacial score (nSPS) is 19.9. The molecule has 100 valence electrons. The van der Waals surface area contributed by atoms with E-state index in [4.69, 9.17) is 11.6 Å². The maximum absolute atomic E-state index is 6.07. The van der Waals surface area contributed by atoms with Crippen molar-refractivity contribution in [2.45, 2.75) is 19.9 Å². The fourth-order valence-electron chi connectivity index (χ4n) is 2.75. The molecule has 2 aromatic rings. The topological polar surface area (TPSA) is 28.2 Å². The molecule has 0 radical (unpaired) electrons. The Bertz CT molecular complexity index is 606. The van der Waals surface area contributed by atoms with E-state index in [-0.39, 0.29) is 0 Å². The Hall–Kier alpha value is -1.32. The van der Waals surface area contributed by atoms with Gasteiger partial charge in [0.2, 0.25) is 0 Å². The van der Waals surface area contributed by atoms with Gasteiger partial charge in [-0.05, 0) is 38.1 Å². The predicted octanol–water partition coefficient (Wildman–Crippen LogP) is 2.99. The number of anilines is 1. The molecule has 1 aliphatic rings. The minimum Gasteiger partial charge on any atom is -0.366 e. The zero-order valence-corrected chi connectivity index (χ0v) is 12.0. The molecule has 1 N–H and O–H groups in total. The van der Waals surface area contributed by atoms with Gasteiger partial charge in [-0.25, -0.2) is 0 Å². The standard InChI is InChI=1S/C15H18ClN3/c1-10-7-15(19-6-5-17-9-11(19)2)13-4-3-12(16)8-14(13)18-10/h3-4,7-8,11,17H,5-6,9H2,1-2H3. The van der Waals surface area contributed by atoms with Crippen molar-refractivity contribution >= 4 is 28.2 Å². The lowest BCUT2D eigenvalue weighted by Gasteiger charge is -2.36. The van der Waals surface area contributed by atoms with E-state index in [0.717, 1.165) is 35.9 Å². The molecule has 2 heterocycles. The second-order valence-electron chi connectivity index (χ2n) is 5.19. The lowest BCUT2D eigenvalue weighted by atomic mass is 10.1. The first-order chi connectivity index (χ1) is 9.15. The van der Waals surface area contributed by atoms with Crippen LogP contribution in [0.15, 0.2) is 24.3 Å². The molecule has 19 heavy (non-hydrogen) atoms. The van der Waals surface area contributed by atoms with Crippen LogP contribution >= 0.6 is 11.6 Å². The average molecular weight is 276 g/mol. The van der Waals surface area contributed by atoms with Gasteiger partial charge in [-0.1, -0.05) is 11.6 Å². The number of halogens is 1. The van der Waals surface area contributed by atoms with E-state index in [2.05, 4.69) is 34.3 Å². The molecule has 0 amide bonds. The van der Waals surface area contributed by atoms with Gasteiger partial charge in [-0.15, -0.1) is 0 Å². The Balaban J connectivity index is 2.16. The summed E-state index contributed by atoms with van der Waals surface area (Å²) in [5.74, 6) is 0. The zero-order chi connectivity index (χ0) is 13.4. The summed E-state index contributed by atoms with van der Waals surface area (Å²) in [6.45, 7) is 7.37.